The van der Waals surface area contributed by atoms with Crippen LogP contribution in [0.15, 0.2) is 18.6 Å². The predicted octanol–water partition coefficient (Wildman–Crippen LogP) is 2.59. The quantitative estimate of drug-likeness (QED) is 0.821. The Morgan fingerprint density at radius 2 is 2.20 bits per heavy atom. The standard InChI is InChI=1S/C18H27N5OS/c1-5-16-19-10-15(25-16)18(24)22(3)11-13-7-6-8-21(2)17(13)14-9-20-23(4)12-14/h9-10,12-13,17H,5-8,11H2,1-4H3/t13-,17+/m0/s1. The number of rotatable bonds is 5. The molecule has 2 aromatic rings. The first-order chi connectivity index (χ1) is 12.0. The SMILES string of the molecule is CCc1ncc(C(=O)N(C)C[C@@H]2CCCN(C)[C@H]2c2cnn(C)c2)s1. The third-order valence-corrected chi connectivity index (χ3v) is 6.13. The molecule has 1 aliphatic rings. The van der Waals surface area contributed by atoms with Crippen LogP contribution in [-0.2, 0) is 13.5 Å². The lowest BCUT2D eigenvalue weighted by Crippen LogP contribution is -2.42. The van der Waals surface area contributed by atoms with Gasteiger partial charge in [0.15, 0.2) is 0 Å². The average Bonchev–Trinajstić information content (AvgIpc) is 3.23. The monoisotopic (exact) mass is 361 g/mol. The Hall–Kier alpha value is -1.73. The zero-order chi connectivity index (χ0) is 18.0. The summed E-state index contributed by atoms with van der Waals surface area (Å²) in [6.07, 6.45) is 8.94. The summed E-state index contributed by atoms with van der Waals surface area (Å²) in [5.41, 5.74) is 1.24. The summed E-state index contributed by atoms with van der Waals surface area (Å²) < 4.78 is 1.85. The second kappa shape index (κ2) is 7.66. The van der Waals surface area contributed by atoms with Crippen LogP contribution in [0.5, 0.6) is 0 Å². The highest BCUT2D eigenvalue weighted by molar-refractivity contribution is 7.13. The topological polar surface area (TPSA) is 54.3 Å². The third-order valence-electron chi connectivity index (χ3n) is 5.00. The lowest BCUT2D eigenvalue weighted by Gasteiger charge is -2.40. The highest BCUT2D eigenvalue weighted by atomic mass is 32.1. The van der Waals surface area contributed by atoms with Crippen molar-refractivity contribution in [1.29, 1.82) is 0 Å². The number of hydrogen-bond acceptors (Lipinski definition) is 5. The molecule has 1 fully saturated rings. The number of carbonyl (C=O) groups excluding carboxylic acids is 1. The van der Waals surface area contributed by atoms with Gasteiger partial charge < -0.3 is 4.90 Å². The van der Waals surface area contributed by atoms with Crippen LogP contribution in [0, 0.1) is 5.92 Å². The van der Waals surface area contributed by atoms with E-state index in [1.165, 1.54) is 23.3 Å². The molecule has 0 bridgehead atoms. The van der Waals surface area contributed by atoms with Gasteiger partial charge in [-0.2, -0.15) is 5.10 Å². The molecule has 2 atom stereocenters. The molecular formula is C18H27N5OS. The van der Waals surface area contributed by atoms with Crippen molar-refractivity contribution in [2.75, 3.05) is 27.2 Å². The Morgan fingerprint density at radius 1 is 1.40 bits per heavy atom. The number of aryl methyl sites for hydroxylation is 2. The zero-order valence-electron chi connectivity index (χ0n) is 15.5. The van der Waals surface area contributed by atoms with Crippen molar-refractivity contribution < 1.29 is 4.79 Å². The predicted molar refractivity (Wildman–Crippen MR) is 99.8 cm³/mol. The molecule has 0 spiro atoms. The maximum absolute atomic E-state index is 12.7. The van der Waals surface area contributed by atoms with Gasteiger partial charge in [-0.1, -0.05) is 6.92 Å². The van der Waals surface area contributed by atoms with Gasteiger partial charge in [-0.25, -0.2) is 4.98 Å². The molecule has 3 rings (SSSR count). The van der Waals surface area contributed by atoms with Crippen LogP contribution in [0.3, 0.4) is 0 Å². The number of piperidine rings is 1. The van der Waals surface area contributed by atoms with E-state index in [1.807, 2.05) is 29.9 Å². The van der Waals surface area contributed by atoms with E-state index in [0.29, 0.717) is 12.0 Å². The molecule has 136 valence electrons. The van der Waals surface area contributed by atoms with Gasteiger partial charge in [-0.3, -0.25) is 14.4 Å². The largest absolute Gasteiger partial charge is 0.341 e. The third kappa shape index (κ3) is 3.93. The van der Waals surface area contributed by atoms with Crippen LogP contribution >= 0.6 is 11.3 Å². The van der Waals surface area contributed by atoms with Crippen LogP contribution in [0.2, 0.25) is 0 Å². The van der Waals surface area contributed by atoms with E-state index in [2.05, 4.69) is 35.2 Å². The summed E-state index contributed by atoms with van der Waals surface area (Å²) in [6.45, 7) is 3.90. The molecule has 0 saturated carbocycles. The number of hydrogen-bond donors (Lipinski definition) is 0. The Kier molecular flexibility index (Phi) is 5.54. The molecule has 0 aromatic carbocycles. The van der Waals surface area contributed by atoms with E-state index in [4.69, 9.17) is 0 Å². The smallest absolute Gasteiger partial charge is 0.265 e. The van der Waals surface area contributed by atoms with Crippen LogP contribution in [-0.4, -0.2) is 57.7 Å². The Labute approximate surface area is 153 Å². The first-order valence-electron chi connectivity index (χ1n) is 8.88. The van der Waals surface area contributed by atoms with E-state index in [-0.39, 0.29) is 5.91 Å². The summed E-state index contributed by atoms with van der Waals surface area (Å²) >= 11 is 1.51. The van der Waals surface area contributed by atoms with Gasteiger partial charge in [0, 0.05) is 38.4 Å². The fourth-order valence-electron chi connectivity index (χ4n) is 3.77. The van der Waals surface area contributed by atoms with Crippen LogP contribution in [0.1, 0.15) is 46.0 Å². The van der Waals surface area contributed by atoms with Crippen LogP contribution in [0.25, 0.3) is 0 Å². The minimum absolute atomic E-state index is 0.0790. The Morgan fingerprint density at radius 3 is 2.84 bits per heavy atom. The first kappa shape index (κ1) is 18.1. The number of likely N-dealkylation sites (tertiary alicyclic amines) is 1. The molecule has 2 aromatic heterocycles. The van der Waals surface area contributed by atoms with E-state index < -0.39 is 0 Å². The van der Waals surface area contributed by atoms with Crippen molar-refractivity contribution in [1.82, 2.24) is 24.6 Å². The lowest BCUT2D eigenvalue weighted by atomic mass is 9.85. The minimum atomic E-state index is 0.0790. The molecule has 1 saturated heterocycles. The second-order valence-electron chi connectivity index (χ2n) is 6.93. The molecule has 0 unspecified atom stereocenters. The van der Waals surface area contributed by atoms with Crippen molar-refractivity contribution in [3.8, 4) is 0 Å². The van der Waals surface area contributed by atoms with Crippen molar-refractivity contribution in [3.63, 3.8) is 0 Å². The highest BCUT2D eigenvalue weighted by Gasteiger charge is 2.33. The number of carbonyl (C=O) groups is 1. The fraction of sp³-hybridized carbons (Fsp3) is 0.611. The van der Waals surface area contributed by atoms with Gasteiger partial charge in [-0.05, 0) is 38.8 Å². The molecule has 0 radical (unpaired) electrons. The molecule has 25 heavy (non-hydrogen) atoms. The molecule has 0 aliphatic carbocycles. The summed E-state index contributed by atoms with van der Waals surface area (Å²) in [5, 5.41) is 5.35. The summed E-state index contributed by atoms with van der Waals surface area (Å²) in [6, 6.07) is 0.311. The van der Waals surface area contributed by atoms with Crippen LogP contribution in [0.4, 0.5) is 0 Å². The lowest BCUT2D eigenvalue weighted by molar-refractivity contribution is 0.0649. The average molecular weight is 362 g/mol. The van der Waals surface area contributed by atoms with Gasteiger partial charge in [-0.15, -0.1) is 11.3 Å². The number of aromatic nitrogens is 3. The number of nitrogens with zero attached hydrogens (tertiary/aromatic N) is 5. The van der Waals surface area contributed by atoms with E-state index in [0.717, 1.165) is 35.8 Å². The molecule has 7 heteroatoms. The van der Waals surface area contributed by atoms with Crippen LogP contribution < -0.4 is 0 Å². The Bertz CT molecular complexity index is 725. The normalized spacial score (nSPS) is 21.4. The Balaban J connectivity index is 1.73. The minimum Gasteiger partial charge on any atom is -0.341 e. The molecule has 0 N–H and O–H groups in total. The fourth-order valence-corrected chi connectivity index (χ4v) is 4.62. The molecular weight excluding hydrogens is 334 g/mol. The van der Waals surface area contributed by atoms with E-state index in [9.17, 15) is 4.79 Å². The van der Waals surface area contributed by atoms with Crippen molar-refractivity contribution in [2.24, 2.45) is 13.0 Å². The maximum atomic E-state index is 12.7. The molecule has 1 aliphatic heterocycles. The van der Waals surface area contributed by atoms with Gasteiger partial charge >= 0.3 is 0 Å². The van der Waals surface area contributed by atoms with E-state index in [1.54, 1.807) is 6.20 Å². The molecule has 1 amide bonds. The van der Waals surface area contributed by atoms with Crippen molar-refractivity contribution in [3.05, 3.63) is 34.0 Å². The number of amides is 1. The summed E-state index contributed by atoms with van der Waals surface area (Å²) in [7, 11) is 6.02. The van der Waals surface area contributed by atoms with Gasteiger partial charge in [0.2, 0.25) is 0 Å². The van der Waals surface area contributed by atoms with Crippen molar-refractivity contribution in [2.45, 2.75) is 32.2 Å². The molecule has 6 nitrogen and oxygen atoms in total. The van der Waals surface area contributed by atoms with Gasteiger partial charge in [0.1, 0.15) is 4.88 Å². The van der Waals surface area contributed by atoms with E-state index >= 15 is 0 Å². The van der Waals surface area contributed by atoms with Gasteiger partial charge in [0.25, 0.3) is 5.91 Å². The molecule has 3 heterocycles. The second-order valence-corrected chi connectivity index (χ2v) is 8.05. The maximum Gasteiger partial charge on any atom is 0.265 e. The van der Waals surface area contributed by atoms with Gasteiger partial charge in [0.05, 0.1) is 17.4 Å². The summed E-state index contributed by atoms with van der Waals surface area (Å²) in [4.78, 5) is 22.0. The van der Waals surface area contributed by atoms with Crippen molar-refractivity contribution >= 4 is 17.2 Å². The number of thiazole rings is 1. The summed E-state index contributed by atoms with van der Waals surface area (Å²) in [5.74, 6) is 0.492. The zero-order valence-corrected chi connectivity index (χ0v) is 16.3. The first-order valence-corrected chi connectivity index (χ1v) is 9.70. The highest BCUT2D eigenvalue weighted by Crippen LogP contribution is 2.35.